The van der Waals surface area contributed by atoms with Crippen LogP contribution >= 0.6 is 35.7 Å². The van der Waals surface area contributed by atoms with E-state index >= 15 is 0 Å². The molecule has 1 N–H and O–H groups in total. The van der Waals surface area contributed by atoms with E-state index in [1.165, 1.54) is 44.4 Å². The summed E-state index contributed by atoms with van der Waals surface area (Å²) in [6.07, 6.45) is 9.25. The molecule has 0 aromatic heterocycles. The molecule has 1 aliphatic heterocycles. The van der Waals surface area contributed by atoms with Gasteiger partial charge in [0.1, 0.15) is 0 Å². The van der Waals surface area contributed by atoms with Crippen LogP contribution in [-0.4, -0.2) is 60.8 Å². The molecule has 0 amide bonds. The van der Waals surface area contributed by atoms with Crippen LogP contribution in [0.2, 0.25) is 0 Å². The summed E-state index contributed by atoms with van der Waals surface area (Å²) in [6.45, 7) is 10.1. The highest BCUT2D eigenvalue weighted by atomic mass is 127. The van der Waals surface area contributed by atoms with Gasteiger partial charge in [-0.15, -0.1) is 24.0 Å². The van der Waals surface area contributed by atoms with Gasteiger partial charge < -0.3 is 15.0 Å². The highest BCUT2D eigenvalue weighted by Crippen LogP contribution is 2.42. The summed E-state index contributed by atoms with van der Waals surface area (Å²) in [6, 6.07) is 0. The molecule has 1 spiro atoms. The Labute approximate surface area is 170 Å². The molecule has 142 valence electrons. The standard InChI is InChI=1S/C18H35N3OS.HI/c1-3-19-17(20-12-8-9-14-22-4-2)21-13-15-23-18(16-21)10-6-5-7-11-18;/h3-16H2,1-2H3,(H,19,20);1H. The maximum absolute atomic E-state index is 5.40. The minimum Gasteiger partial charge on any atom is -0.382 e. The van der Waals surface area contributed by atoms with Crippen LogP contribution in [0.25, 0.3) is 0 Å². The molecule has 0 aromatic rings. The zero-order valence-corrected chi connectivity index (χ0v) is 18.7. The summed E-state index contributed by atoms with van der Waals surface area (Å²) in [7, 11) is 0. The molecule has 0 atom stereocenters. The largest absolute Gasteiger partial charge is 0.382 e. The predicted molar refractivity (Wildman–Crippen MR) is 117 cm³/mol. The van der Waals surface area contributed by atoms with Crippen LogP contribution in [0.3, 0.4) is 0 Å². The highest BCUT2D eigenvalue weighted by molar-refractivity contribution is 14.0. The van der Waals surface area contributed by atoms with E-state index in [1.807, 2.05) is 0 Å². The number of aliphatic imine (C=N–C) groups is 1. The number of hydrogen-bond donors (Lipinski definition) is 1. The molecule has 0 bridgehead atoms. The van der Waals surface area contributed by atoms with Crippen LogP contribution in [0.4, 0.5) is 0 Å². The van der Waals surface area contributed by atoms with Gasteiger partial charge in [-0.2, -0.15) is 11.8 Å². The molecule has 1 saturated heterocycles. The number of thioether (sulfide) groups is 1. The van der Waals surface area contributed by atoms with Crippen molar-refractivity contribution in [1.29, 1.82) is 0 Å². The van der Waals surface area contributed by atoms with Gasteiger partial charge in [0.2, 0.25) is 0 Å². The number of unbranched alkanes of at least 4 members (excludes halogenated alkanes) is 1. The summed E-state index contributed by atoms with van der Waals surface area (Å²) in [5.41, 5.74) is 0. The third-order valence-electron chi connectivity index (χ3n) is 4.81. The number of halogens is 1. The molecule has 0 unspecified atom stereocenters. The zero-order valence-electron chi connectivity index (χ0n) is 15.5. The maximum atomic E-state index is 5.40. The molecule has 2 aliphatic rings. The summed E-state index contributed by atoms with van der Waals surface area (Å²) < 4.78 is 5.90. The average Bonchev–Trinajstić information content (AvgIpc) is 2.58. The lowest BCUT2D eigenvalue weighted by atomic mass is 9.87. The summed E-state index contributed by atoms with van der Waals surface area (Å²) in [5, 5.41) is 3.51. The van der Waals surface area contributed by atoms with Gasteiger partial charge >= 0.3 is 0 Å². The number of guanidine groups is 1. The maximum Gasteiger partial charge on any atom is 0.193 e. The van der Waals surface area contributed by atoms with Crippen LogP contribution in [0.5, 0.6) is 0 Å². The number of nitrogens with one attached hydrogen (secondary N) is 1. The topological polar surface area (TPSA) is 36.9 Å². The second kappa shape index (κ2) is 12.6. The SMILES string of the molecule is CCNC(=NCCCCOCC)N1CCSC2(CCCCC2)C1.I. The first-order valence-corrected chi connectivity index (χ1v) is 10.5. The second-order valence-electron chi connectivity index (χ2n) is 6.65. The van der Waals surface area contributed by atoms with E-state index in [-0.39, 0.29) is 24.0 Å². The van der Waals surface area contributed by atoms with Crippen molar-refractivity contribution in [3.8, 4) is 0 Å². The Morgan fingerprint density at radius 2 is 2.00 bits per heavy atom. The Balaban J connectivity index is 0.00000288. The Bertz CT molecular complexity index is 357. The minimum atomic E-state index is 0. The highest BCUT2D eigenvalue weighted by Gasteiger charge is 2.38. The first kappa shape index (κ1) is 22.4. The van der Waals surface area contributed by atoms with Crippen LogP contribution in [0.15, 0.2) is 4.99 Å². The van der Waals surface area contributed by atoms with Gasteiger partial charge in [-0.1, -0.05) is 19.3 Å². The molecule has 1 saturated carbocycles. The number of ether oxygens (including phenoxy) is 1. The van der Waals surface area contributed by atoms with Gasteiger partial charge in [0.25, 0.3) is 0 Å². The molecule has 2 fully saturated rings. The van der Waals surface area contributed by atoms with E-state index < -0.39 is 0 Å². The molecular formula is C18H36IN3OS. The van der Waals surface area contributed by atoms with Crippen LogP contribution in [0.1, 0.15) is 58.8 Å². The fourth-order valence-electron chi connectivity index (χ4n) is 3.60. The first-order chi connectivity index (χ1) is 11.3. The van der Waals surface area contributed by atoms with Crippen molar-refractivity contribution in [2.75, 3.05) is 45.1 Å². The molecule has 4 nitrogen and oxygen atoms in total. The number of rotatable bonds is 7. The second-order valence-corrected chi connectivity index (χ2v) is 8.22. The monoisotopic (exact) mass is 469 g/mol. The van der Waals surface area contributed by atoms with Gasteiger partial charge in [0.15, 0.2) is 5.96 Å². The van der Waals surface area contributed by atoms with E-state index in [9.17, 15) is 0 Å². The van der Waals surface area contributed by atoms with Crippen molar-refractivity contribution >= 4 is 41.7 Å². The van der Waals surface area contributed by atoms with Crippen molar-refractivity contribution in [1.82, 2.24) is 10.2 Å². The summed E-state index contributed by atoms with van der Waals surface area (Å²) in [4.78, 5) is 7.40. The fourth-order valence-corrected chi connectivity index (χ4v) is 5.16. The van der Waals surface area contributed by atoms with E-state index in [1.54, 1.807) is 0 Å². The zero-order chi connectivity index (χ0) is 16.4. The number of nitrogens with zero attached hydrogens (tertiary/aromatic N) is 2. The predicted octanol–water partition coefficient (Wildman–Crippen LogP) is 4.14. The molecule has 1 aliphatic carbocycles. The quantitative estimate of drug-likeness (QED) is 0.263. The molecular weight excluding hydrogens is 433 g/mol. The van der Waals surface area contributed by atoms with Crippen molar-refractivity contribution < 1.29 is 4.74 Å². The van der Waals surface area contributed by atoms with Gasteiger partial charge in [-0.3, -0.25) is 4.99 Å². The third-order valence-corrected chi connectivity index (χ3v) is 6.35. The van der Waals surface area contributed by atoms with Crippen molar-refractivity contribution in [2.45, 2.75) is 63.5 Å². The first-order valence-electron chi connectivity index (χ1n) is 9.54. The molecule has 2 rings (SSSR count). The Morgan fingerprint density at radius 3 is 2.71 bits per heavy atom. The van der Waals surface area contributed by atoms with Crippen molar-refractivity contribution in [3.05, 3.63) is 0 Å². The lowest BCUT2D eigenvalue weighted by Gasteiger charge is -2.45. The normalized spacial score (nSPS) is 20.8. The van der Waals surface area contributed by atoms with Gasteiger partial charge in [0.05, 0.1) is 0 Å². The molecule has 0 aromatic carbocycles. The van der Waals surface area contributed by atoms with Gasteiger partial charge in [-0.25, -0.2) is 0 Å². The smallest absolute Gasteiger partial charge is 0.193 e. The van der Waals surface area contributed by atoms with Gasteiger partial charge in [0, 0.05) is 49.9 Å². The fraction of sp³-hybridized carbons (Fsp3) is 0.944. The van der Waals surface area contributed by atoms with E-state index in [0.29, 0.717) is 4.75 Å². The third kappa shape index (κ3) is 7.28. The van der Waals surface area contributed by atoms with E-state index in [2.05, 4.69) is 35.8 Å². The Kier molecular flexibility index (Phi) is 11.8. The Hall–Kier alpha value is 0.310. The number of hydrogen-bond acceptors (Lipinski definition) is 3. The summed E-state index contributed by atoms with van der Waals surface area (Å²) in [5.74, 6) is 2.38. The molecule has 6 heteroatoms. The molecule has 1 heterocycles. The minimum absolute atomic E-state index is 0. The van der Waals surface area contributed by atoms with Crippen LogP contribution < -0.4 is 5.32 Å². The van der Waals surface area contributed by atoms with E-state index in [4.69, 9.17) is 9.73 Å². The van der Waals surface area contributed by atoms with Crippen LogP contribution in [-0.2, 0) is 4.74 Å². The van der Waals surface area contributed by atoms with Crippen molar-refractivity contribution in [3.63, 3.8) is 0 Å². The van der Waals surface area contributed by atoms with E-state index in [0.717, 1.165) is 51.6 Å². The van der Waals surface area contributed by atoms with Gasteiger partial charge in [-0.05, 0) is 39.5 Å². The summed E-state index contributed by atoms with van der Waals surface area (Å²) >= 11 is 2.22. The average molecular weight is 469 g/mol. The van der Waals surface area contributed by atoms with Crippen LogP contribution in [0, 0.1) is 0 Å². The lowest BCUT2D eigenvalue weighted by Crippen LogP contribution is -2.53. The molecule has 24 heavy (non-hydrogen) atoms. The molecule has 0 radical (unpaired) electrons. The Morgan fingerprint density at radius 1 is 1.21 bits per heavy atom. The van der Waals surface area contributed by atoms with Crippen molar-refractivity contribution in [2.24, 2.45) is 4.99 Å². The lowest BCUT2D eigenvalue weighted by molar-refractivity contribution is 0.144.